The maximum atomic E-state index is 13.4. The fraction of sp³-hybridized carbons (Fsp3) is 0.455. The van der Waals surface area contributed by atoms with Gasteiger partial charge in [-0.1, -0.05) is 6.07 Å². The molecule has 0 amide bonds. The maximum Gasteiger partial charge on any atom is 0.137 e. The second kappa shape index (κ2) is 5.30. The Balaban J connectivity index is 2.87. The van der Waals surface area contributed by atoms with Crippen LogP contribution in [0.25, 0.3) is 0 Å². The van der Waals surface area contributed by atoms with Gasteiger partial charge in [0.15, 0.2) is 0 Å². The van der Waals surface area contributed by atoms with Gasteiger partial charge in [-0.15, -0.1) is 4.72 Å². The van der Waals surface area contributed by atoms with Gasteiger partial charge in [0, 0.05) is 11.4 Å². The van der Waals surface area contributed by atoms with Crippen LogP contribution in [0.3, 0.4) is 0 Å². The SMILES string of the molecule is CC(C)(C)[S@@+]([O-])N[C@@H](N)c1c(F)cccc1F. The van der Waals surface area contributed by atoms with Gasteiger partial charge >= 0.3 is 0 Å². The molecule has 0 saturated carbocycles. The van der Waals surface area contributed by atoms with Gasteiger partial charge in [0.25, 0.3) is 0 Å². The second-order valence-corrected chi connectivity index (χ2v) is 6.61. The summed E-state index contributed by atoms with van der Waals surface area (Å²) in [5.41, 5.74) is 5.31. The van der Waals surface area contributed by atoms with Crippen molar-refractivity contribution in [2.75, 3.05) is 0 Å². The van der Waals surface area contributed by atoms with Gasteiger partial charge in [0.05, 0.1) is 5.56 Å². The van der Waals surface area contributed by atoms with Crippen LogP contribution in [-0.2, 0) is 11.4 Å². The minimum Gasteiger partial charge on any atom is -0.598 e. The minimum atomic E-state index is -1.49. The average molecular weight is 262 g/mol. The van der Waals surface area contributed by atoms with Crippen molar-refractivity contribution in [1.82, 2.24) is 4.72 Å². The molecule has 0 aliphatic heterocycles. The van der Waals surface area contributed by atoms with Crippen LogP contribution in [0.15, 0.2) is 18.2 Å². The third-order valence-electron chi connectivity index (χ3n) is 2.10. The Morgan fingerprint density at radius 1 is 1.29 bits per heavy atom. The number of nitrogens with one attached hydrogen (secondary N) is 1. The summed E-state index contributed by atoms with van der Waals surface area (Å²) in [6, 6.07) is 3.47. The van der Waals surface area contributed by atoms with E-state index in [1.165, 1.54) is 6.07 Å². The van der Waals surface area contributed by atoms with E-state index in [9.17, 15) is 13.3 Å². The maximum absolute atomic E-state index is 13.4. The van der Waals surface area contributed by atoms with Gasteiger partial charge in [0.2, 0.25) is 0 Å². The Bertz CT molecular complexity index is 375. The molecule has 3 N–H and O–H groups in total. The van der Waals surface area contributed by atoms with Crippen LogP contribution in [-0.4, -0.2) is 9.30 Å². The van der Waals surface area contributed by atoms with Gasteiger partial charge < -0.3 is 10.3 Å². The summed E-state index contributed by atoms with van der Waals surface area (Å²) < 4.78 is 40.5. The number of rotatable bonds is 3. The number of nitrogens with two attached hydrogens (primary N) is 1. The zero-order chi connectivity index (χ0) is 13.2. The first-order chi connectivity index (χ1) is 7.73. The Morgan fingerprint density at radius 3 is 2.18 bits per heavy atom. The van der Waals surface area contributed by atoms with Gasteiger partial charge in [-0.3, -0.25) is 0 Å². The Hall–Kier alpha value is -0.690. The highest BCUT2D eigenvalue weighted by molar-refractivity contribution is 7.90. The van der Waals surface area contributed by atoms with Crippen LogP contribution in [0, 0.1) is 11.6 Å². The Morgan fingerprint density at radius 2 is 1.76 bits per heavy atom. The molecule has 3 nitrogen and oxygen atoms in total. The molecule has 17 heavy (non-hydrogen) atoms. The number of hydrogen-bond acceptors (Lipinski definition) is 3. The monoisotopic (exact) mass is 262 g/mol. The lowest BCUT2D eigenvalue weighted by molar-refractivity contribution is 0.494. The highest BCUT2D eigenvalue weighted by Crippen LogP contribution is 2.21. The number of hydrogen-bond donors (Lipinski definition) is 2. The van der Waals surface area contributed by atoms with Crippen LogP contribution < -0.4 is 10.5 Å². The van der Waals surface area contributed by atoms with Crippen molar-refractivity contribution in [3.05, 3.63) is 35.4 Å². The normalized spacial score (nSPS) is 15.7. The van der Waals surface area contributed by atoms with E-state index in [-0.39, 0.29) is 5.56 Å². The molecule has 0 spiro atoms. The largest absolute Gasteiger partial charge is 0.598 e. The lowest BCUT2D eigenvalue weighted by Crippen LogP contribution is -2.44. The molecule has 0 saturated heterocycles. The van der Waals surface area contributed by atoms with Gasteiger partial charge in [-0.25, -0.2) is 8.78 Å². The molecule has 6 heteroatoms. The summed E-state index contributed by atoms with van der Waals surface area (Å²) in [6.07, 6.45) is -1.14. The second-order valence-electron chi connectivity index (χ2n) is 4.61. The molecular weight excluding hydrogens is 246 g/mol. The van der Waals surface area contributed by atoms with E-state index in [0.29, 0.717) is 0 Å². The van der Waals surface area contributed by atoms with Crippen LogP contribution in [0.4, 0.5) is 8.78 Å². The summed E-state index contributed by atoms with van der Waals surface area (Å²) in [4.78, 5) is 0. The highest BCUT2D eigenvalue weighted by atomic mass is 32.2. The van der Waals surface area contributed by atoms with E-state index >= 15 is 0 Å². The summed E-state index contributed by atoms with van der Waals surface area (Å²) >= 11 is -1.49. The van der Waals surface area contributed by atoms with Gasteiger partial charge in [0.1, 0.15) is 22.5 Å². The molecule has 0 bridgehead atoms. The predicted molar refractivity (Wildman–Crippen MR) is 64.3 cm³/mol. The first-order valence-electron chi connectivity index (χ1n) is 5.11. The van der Waals surface area contributed by atoms with E-state index in [1.807, 2.05) is 0 Å². The van der Waals surface area contributed by atoms with E-state index < -0.39 is 33.9 Å². The third-order valence-corrected chi connectivity index (χ3v) is 3.68. The number of benzene rings is 1. The van der Waals surface area contributed by atoms with E-state index in [2.05, 4.69) is 4.72 Å². The number of halogens is 2. The fourth-order valence-corrected chi connectivity index (χ4v) is 1.86. The lowest BCUT2D eigenvalue weighted by Gasteiger charge is -2.26. The molecule has 0 unspecified atom stereocenters. The molecule has 1 rings (SSSR count). The molecule has 0 radical (unpaired) electrons. The topological polar surface area (TPSA) is 61.1 Å². The van der Waals surface area contributed by atoms with E-state index in [1.54, 1.807) is 20.8 Å². The molecule has 1 aromatic rings. The van der Waals surface area contributed by atoms with E-state index in [0.717, 1.165) is 12.1 Å². The highest BCUT2D eigenvalue weighted by Gasteiger charge is 2.30. The van der Waals surface area contributed by atoms with Crippen molar-refractivity contribution in [3.8, 4) is 0 Å². The van der Waals surface area contributed by atoms with Crippen molar-refractivity contribution in [2.24, 2.45) is 5.73 Å². The molecule has 0 heterocycles. The first-order valence-corrected chi connectivity index (χ1v) is 6.26. The molecule has 0 aromatic heterocycles. The molecule has 2 atom stereocenters. The zero-order valence-corrected chi connectivity index (χ0v) is 10.8. The minimum absolute atomic E-state index is 0.301. The van der Waals surface area contributed by atoms with Crippen LogP contribution in [0.5, 0.6) is 0 Å². The predicted octanol–water partition coefficient (Wildman–Crippen LogP) is 1.97. The molecule has 1 aromatic carbocycles. The van der Waals surface area contributed by atoms with Crippen LogP contribution >= 0.6 is 0 Å². The summed E-state index contributed by atoms with van der Waals surface area (Å²) in [5.74, 6) is -1.51. The van der Waals surface area contributed by atoms with Crippen molar-refractivity contribution >= 4 is 11.4 Å². The molecular formula is C11H16F2N2OS. The summed E-state index contributed by atoms with van der Waals surface area (Å²) in [6.45, 7) is 5.21. The zero-order valence-electron chi connectivity index (χ0n) is 9.96. The van der Waals surface area contributed by atoms with Crippen molar-refractivity contribution in [1.29, 1.82) is 0 Å². The third kappa shape index (κ3) is 3.64. The van der Waals surface area contributed by atoms with Crippen molar-refractivity contribution in [2.45, 2.75) is 31.7 Å². The molecule has 96 valence electrons. The van der Waals surface area contributed by atoms with E-state index in [4.69, 9.17) is 5.73 Å². The summed E-state index contributed by atoms with van der Waals surface area (Å²) in [5, 5.41) is 0. The van der Waals surface area contributed by atoms with Crippen molar-refractivity contribution in [3.63, 3.8) is 0 Å². The lowest BCUT2D eigenvalue weighted by atomic mass is 10.1. The summed E-state index contributed by atoms with van der Waals surface area (Å²) in [7, 11) is 0. The first kappa shape index (κ1) is 14.4. The van der Waals surface area contributed by atoms with Gasteiger partial charge in [-0.05, 0) is 32.9 Å². The smallest absolute Gasteiger partial charge is 0.137 e. The fourth-order valence-electron chi connectivity index (χ4n) is 1.16. The molecule has 0 aliphatic rings. The quantitative estimate of drug-likeness (QED) is 0.646. The molecule has 0 aliphatic carbocycles. The Labute approximate surface area is 103 Å². The average Bonchev–Trinajstić information content (AvgIpc) is 2.15. The standard InChI is InChI=1S/C11H16F2N2OS/c1-11(2,3)17(16)15-10(14)9-7(12)5-4-6-8(9)13/h4-6,10,15H,14H2,1-3H3/t10-,17-/m1/s1. The Kier molecular flexibility index (Phi) is 4.48. The van der Waals surface area contributed by atoms with Crippen LogP contribution in [0.2, 0.25) is 0 Å². The molecule has 0 fully saturated rings. The van der Waals surface area contributed by atoms with Crippen molar-refractivity contribution < 1.29 is 13.3 Å². The van der Waals surface area contributed by atoms with Crippen LogP contribution in [0.1, 0.15) is 32.5 Å². The van der Waals surface area contributed by atoms with Gasteiger partial charge in [-0.2, -0.15) is 0 Å².